The molecule has 0 aliphatic rings. The summed E-state index contributed by atoms with van der Waals surface area (Å²) in [6.07, 6.45) is 3.99. The third-order valence-electron chi connectivity index (χ3n) is 2.08. The smallest absolute Gasteiger partial charge is 0.139 e. The maximum Gasteiger partial charge on any atom is 0.139 e. The van der Waals surface area contributed by atoms with Gasteiger partial charge in [0, 0.05) is 24.3 Å². The lowest BCUT2D eigenvalue weighted by atomic mass is 10.2. The molecule has 2 rings (SSSR count). The third kappa shape index (κ3) is 0.998. The van der Waals surface area contributed by atoms with Crippen molar-refractivity contribution in [2.45, 2.75) is 20.4 Å². The largest absolute Gasteiger partial charge is 0.333 e. The fourth-order valence-corrected chi connectivity index (χ4v) is 1.44. The van der Waals surface area contributed by atoms with Crippen LogP contribution in [0.15, 0.2) is 24.5 Å². The fourth-order valence-electron chi connectivity index (χ4n) is 1.44. The van der Waals surface area contributed by atoms with E-state index in [2.05, 4.69) is 41.7 Å². The minimum absolute atomic E-state index is 0.986. The van der Waals surface area contributed by atoms with E-state index in [4.69, 9.17) is 0 Å². The molecule has 2 nitrogen and oxygen atoms in total. The van der Waals surface area contributed by atoms with E-state index in [1.807, 2.05) is 6.20 Å². The maximum atomic E-state index is 4.37. The highest BCUT2D eigenvalue weighted by Crippen LogP contribution is 2.13. The first-order valence-corrected chi connectivity index (χ1v) is 4.22. The highest BCUT2D eigenvalue weighted by molar-refractivity contribution is 5.76. The van der Waals surface area contributed by atoms with E-state index in [9.17, 15) is 0 Å². The van der Waals surface area contributed by atoms with Gasteiger partial charge in [0.25, 0.3) is 0 Å². The summed E-state index contributed by atoms with van der Waals surface area (Å²) < 4.78 is 2.15. The van der Waals surface area contributed by atoms with Crippen molar-refractivity contribution in [3.8, 4) is 0 Å². The Hall–Kier alpha value is -1.31. The Morgan fingerprint density at radius 1 is 1.50 bits per heavy atom. The van der Waals surface area contributed by atoms with E-state index in [1.165, 1.54) is 10.9 Å². The van der Waals surface area contributed by atoms with Crippen LogP contribution in [-0.2, 0) is 6.54 Å². The van der Waals surface area contributed by atoms with Crippen molar-refractivity contribution < 1.29 is 0 Å². The van der Waals surface area contributed by atoms with Crippen LogP contribution in [0.4, 0.5) is 0 Å². The zero-order chi connectivity index (χ0) is 8.55. The summed E-state index contributed by atoms with van der Waals surface area (Å²) in [6.45, 7) is 5.18. The van der Waals surface area contributed by atoms with Crippen molar-refractivity contribution >= 4 is 11.0 Å². The number of aromatic nitrogens is 2. The summed E-state index contributed by atoms with van der Waals surface area (Å²) in [4.78, 5) is 4.37. The second-order valence-electron chi connectivity index (χ2n) is 3.03. The number of pyridine rings is 1. The van der Waals surface area contributed by atoms with Crippen LogP contribution in [0, 0.1) is 6.92 Å². The summed E-state index contributed by atoms with van der Waals surface area (Å²) in [5.74, 6) is 0. The van der Waals surface area contributed by atoms with Crippen LogP contribution in [0.5, 0.6) is 0 Å². The van der Waals surface area contributed by atoms with E-state index < -0.39 is 0 Å². The van der Waals surface area contributed by atoms with Gasteiger partial charge in [-0.25, -0.2) is 4.98 Å². The summed E-state index contributed by atoms with van der Waals surface area (Å²) in [5.41, 5.74) is 2.31. The topological polar surface area (TPSA) is 17.8 Å². The zero-order valence-corrected chi connectivity index (χ0v) is 7.41. The van der Waals surface area contributed by atoms with Gasteiger partial charge < -0.3 is 4.57 Å². The molecule has 2 heteroatoms. The monoisotopic (exact) mass is 160 g/mol. The molecule has 0 aliphatic heterocycles. The molecule has 0 saturated heterocycles. The highest BCUT2D eigenvalue weighted by Gasteiger charge is 1.99. The van der Waals surface area contributed by atoms with Gasteiger partial charge in [0.15, 0.2) is 0 Å². The van der Waals surface area contributed by atoms with Gasteiger partial charge in [-0.05, 0) is 31.5 Å². The lowest BCUT2D eigenvalue weighted by Gasteiger charge is -1.98. The molecule has 0 spiro atoms. The van der Waals surface area contributed by atoms with Gasteiger partial charge in [-0.15, -0.1) is 0 Å². The number of hydrogen-bond acceptors (Lipinski definition) is 1. The SMILES string of the molecule is CCn1ccc2cc(C)cnc21. The number of hydrogen-bond donors (Lipinski definition) is 0. The molecule has 0 amide bonds. The second kappa shape index (κ2) is 2.63. The van der Waals surface area contributed by atoms with Gasteiger partial charge >= 0.3 is 0 Å². The molecule has 2 heterocycles. The van der Waals surface area contributed by atoms with E-state index in [0.717, 1.165) is 12.2 Å². The van der Waals surface area contributed by atoms with Gasteiger partial charge in [0.2, 0.25) is 0 Å². The van der Waals surface area contributed by atoms with Gasteiger partial charge in [-0.1, -0.05) is 0 Å². The average molecular weight is 160 g/mol. The first-order chi connectivity index (χ1) is 5.81. The van der Waals surface area contributed by atoms with Crippen LogP contribution in [0.2, 0.25) is 0 Å². The molecule has 0 atom stereocenters. The summed E-state index contributed by atoms with van der Waals surface area (Å²) in [6, 6.07) is 4.27. The molecule has 0 fully saturated rings. The van der Waals surface area contributed by atoms with E-state index >= 15 is 0 Å². The van der Waals surface area contributed by atoms with Crippen molar-refractivity contribution in [2.75, 3.05) is 0 Å². The summed E-state index contributed by atoms with van der Waals surface area (Å²) in [5, 5.41) is 1.23. The van der Waals surface area contributed by atoms with Crippen LogP contribution < -0.4 is 0 Å². The van der Waals surface area contributed by atoms with Crippen molar-refractivity contribution in [2.24, 2.45) is 0 Å². The molecule has 0 saturated carbocycles. The average Bonchev–Trinajstić information content (AvgIpc) is 2.46. The third-order valence-corrected chi connectivity index (χ3v) is 2.08. The first-order valence-electron chi connectivity index (χ1n) is 4.22. The van der Waals surface area contributed by atoms with Crippen molar-refractivity contribution in [3.05, 3.63) is 30.1 Å². The molecule has 0 N–H and O–H groups in total. The quantitative estimate of drug-likeness (QED) is 0.626. The molecular weight excluding hydrogens is 148 g/mol. The normalized spacial score (nSPS) is 10.8. The predicted molar refractivity (Wildman–Crippen MR) is 50.1 cm³/mol. The summed E-state index contributed by atoms with van der Waals surface area (Å²) >= 11 is 0. The molecular formula is C10H12N2. The van der Waals surface area contributed by atoms with E-state index in [-0.39, 0.29) is 0 Å². The molecule has 0 aliphatic carbocycles. The Balaban J connectivity index is 2.73. The Morgan fingerprint density at radius 2 is 2.33 bits per heavy atom. The molecule has 62 valence electrons. The lowest BCUT2D eigenvalue weighted by molar-refractivity contribution is 0.787. The van der Waals surface area contributed by atoms with Gasteiger partial charge in [-0.2, -0.15) is 0 Å². The van der Waals surface area contributed by atoms with Crippen molar-refractivity contribution in [3.63, 3.8) is 0 Å². The molecule has 12 heavy (non-hydrogen) atoms. The number of rotatable bonds is 1. The molecule has 2 aromatic rings. The number of nitrogens with zero attached hydrogens (tertiary/aromatic N) is 2. The Bertz CT molecular complexity index is 401. The van der Waals surface area contributed by atoms with E-state index in [1.54, 1.807) is 0 Å². The maximum absolute atomic E-state index is 4.37. The van der Waals surface area contributed by atoms with Gasteiger partial charge in [0.1, 0.15) is 5.65 Å². The van der Waals surface area contributed by atoms with Crippen LogP contribution in [-0.4, -0.2) is 9.55 Å². The Kier molecular flexibility index (Phi) is 1.61. The highest BCUT2D eigenvalue weighted by atomic mass is 15.0. The van der Waals surface area contributed by atoms with Crippen molar-refractivity contribution in [1.82, 2.24) is 9.55 Å². The van der Waals surface area contributed by atoms with Crippen LogP contribution in [0.1, 0.15) is 12.5 Å². The molecule has 0 unspecified atom stereocenters. The second-order valence-corrected chi connectivity index (χ2v) is 3.03. The summed E-state index contributed by atoms with van der Waals surface area (Å²) in [7, 11) is 0. The van der Waals surface area contributed by atoms with Crippen LogP contribution >= 0.6 is 0 Å². The van der Waals surface area contributed by atoms with Gasteiger partial charge in [-0.3, -0.25) is 0 Å². The lowest BCUT2D eigenvalue weighted by Crippen LogP contribution is -1.92. The van der Waals surface area contributed by atoms with E-state index in [0.29, 0.717) is 0 Å². The minimum atomic E-state index is 0.986. The van der Waals surface area contributed by atoms with Crippen LogP contribution in [0.3, 0.4) is 0 Å². The van der Waals surface area contributed by atoms with Gasteiger partial charge in [0.05, 0.1) is 0 Å². The molecule has 0 radical (unpaired) electrons. The zero-order valence-electron chi connectivity index (χ0n) is 7.41. The Labute approximate surface area is 71.8 Å². The van der Waals surface area contributed by atoms with Crippen molar-refractivity contribution in [1.29, 1.82) is 0 Å². The standard InChI is InChI=1S/C10H12N2/c1-3-12-5-4-9-6-8(2)7-11-10(9)12/h4-7H,3H2,1-2H3. The first kappa shape index (κ1) is 7.35. The number of aryl methyl sites for hydroxylation is 2. The minimum Gasteiger partial charge on any atom is -0.333 e. The van der Waals surface area contributed by atoms with Crippen LogP contribution in [0.25, 0.3) is 11.0 Å². The molecule has 2 aromatic heterocycles. The Morgan fingerprint density at radius 3 is 3.08 bits per heavy atom. The predicted octanol–water partition coefficient (Wildman–Crippen LogP) is 2.36. The molecule has 0 aromatic carbocycles. The number of fused-ring (bicyclic) bond motifs is 1. The fraction of sp³-hybridized carbons (Fsp3) is 0.300. The molecule has 0 bridgehead atoms.